The second-order valence-electron chi connectivity index (χ2n) is 3.64. The minimum atomic E-state index is -0.171. The van der Waals surface area contributed by atoms with Gasteiger partial charge in [0.15, 0.2) is 0 Å². The molecule has 0 atom stereocenters. The van der Waals surface area contributed by atoms with Crippen molar-refractivity contribution in [3.05, 3.63) is 45.5 Å². The fourth-order valence-electron chi connectivity index (χ4n) is 1.48. The van der Waals surface area contributed by atoms with Crippen LogP contribution in [-0.4, -0.2) is 23.0 Å². The number of carbonyl (C=O) groups is 1. The normalized spacial score (nSPS) is 10.4. The minimum Gasteiger partial charge on any atom is -0.390 e. The Morgan fingerprint density at radius 1 is 1.50 bits per heavy atom. The molecule has 2 aromatic heterocycles. The maximum Gasteiger partial charge on any atom is 0.258 e. The number of aromatic nitrogens is 1. The molecular weight excluding hydrogens is 316 g/mol. The minimum absolute atomic E-state index is 0.124. The number of aliphatic hydroxyl groups excluding tert-OH is 1. The molecule has 1 amide bonds. The zero-order valence-corrected chi connectivity index (χ0v) is 12.0. The monoisotopic (exact) mass is 326 g/mol. The average Bonchev–Trinajstić information content (AvgIpc) is 2.83. The van der Waals surface area contributed by atoms with Crippen molar-refractivity contribution in [3.8, 4) is 0 Å². The molecule has 0 saturated heterocycles. The van der Waals surface area contributed by atoms with Crippen LogP contribution < -0.4 is 4.90 Å². The van der Waals surface area contributed by atoms with Crippen LogP contribution >= 0.6 is 27.3 Å². The predicted molar refractivity (Wildman–Crippen MR) is 74.9 cm³/mol. The zero-order valence-electron chi connectivity index (χ0n) is 9.63. The largest absolute Gasteiger partial charge is 0.390 e. The van der Waals surface area contributed by atoms with Crippen LogP contribution in [0.25, 0.3) is 0 Å². The Balaban J connectivity index is 2.25. The molecule has 1 N–H and O–H groups in total. The van der Waals surface area contributed by atoms with E-state index in [1.807, 2.05) is 12.1 Å². The molecule has 18 heavy (non-hydrogen) atoms. The van der Waals surface area contributed by atoms with E-state index in [1.54, 1.807) is 24.1 Å². The summed E-state index contributed by atoms with van der Waals surface area (Å²) in [7, 11) is 1.72. The van der Waals surface area contributed by atoms with Crippen molar-refractivity contribution in [1.29, 1.82) is 0 Å². The standard InChI is InChI=1S/C12H11BrN2O2S/c1-15(11-3-2-10(13)18-11)12(17)8-4-5-14-9(6-8)7-16/h2-6,16H,7H2,1H3. The first-order valence-electron chi connectivity index (χ1n) is 5.21. The van der Waals surface area contributed by atoms with Gasteiger partial charge in [-0.05, 0) is 40.2 Å². The van der Waals surface area contributed by atoms with Crippen molar-refractivity contribution in [2.75, 3.05) is 11.9 Å². The summed E-state index contributed by atoms with van der Waals surface area (Å²) < 4.78 is 0.975. The number of thiophene rings is 1. The number of aliphatic hydroxyl groups is 1. The van der Waals surface area contributed by atoms with Gasteiger partial charge in [-0.1, -0.05) is 0 Å². The van der Waals surface area contributed by atoms with Crippen molar-refractivity contribution in [2.24, 2.45) is 0 Å². The summed E-state index contributed by atoms with van der Waals surface area (Å²) in [5.74, 6) is -0.124. The van der Waals surface area contributed by atoms with E-state index in [0.29, 0.717) is 11.3 Å². The van der Waals surface area contributed by atoms with E-state index < -0.39 is 0 Å². The summed E-state index contributed by atoms with van der Waals surface area (Å²) in [6.07, 6.45) is 1.52. The van der Waals surface area contributed by atoms with Crippen LogP contribution in [0.4, 0.5) is 5.00 Å². The molecule has 0 aliphatic heterocycles. The Morgan fingerprint density at radius 2 is 2.28 bits per heavy atom. The van der Waals surface area contributed by atoms with Gasteiger partial charge in [-0.25, -0.2) is 0 Å². The molecule has 0 aliphatic rings. The topological polar surface area (TPSA) is 53.4 Å². The van der Waals surface area contributed by atoms with Crippen molar-refractivity contribution in [3.63, 3.8) is 0 Å². The maximum atomic E-state index is 12.2. The van der Waals surface area contributed by atoms with Gasteiger partial charge in [0.25, 0.3) is 5.91 Å². The molecule has 0 aromatic carbocycles. The third kappa shape index (κ3) is 2.77. The van der Waals surface area contributed by atoms with Gasteiger partial charge in [-0.3, -0.25) is 9.78 Å². The first kappa shape index (κ1) is 13.2. The lowest BCUT2D eigenvalue weighted by molar-refractivity contribution is 0.0993. The SMILES string of the molecule is CN(C(=O)c1ccnc(CO)c1)c1ccc(Br)s1. The predicted octanol–water partition coefficient (Wildman–Crippen LogP) is 2.67. The number of carbonyl (C=O) groups excluding carboxylic acids is 1. The highest BCUT2D eigenvalue weighted by molar-refractivity contribution is 9.11. The molecule has 0 aliphatic carbocycles. The number of rotatable bonds is 3. The van der Waals surface area contributed by atoms with Crippen LogP contribution in [0.3, 0.4) is 0 Å². The van der Waals surface area contributed by atoms with Gasteiger partial charge < -0.3 is 10.0 Å². The quantitative estimate of drug-likeness (QED) is 0.943. The van der Waals surface area contributed by atoms with Crippen LogP contribution in [0.15, 0.2) is 34.2 Å². The Kier molecular flexibility index (Phi) is 4.11. The Morgan fingerprint density at radius 3 is 2.89 bits per heavy atom. The van der Waals surface area contributed by atoms with Crippen LogP contribution in [0.1, 0.15) is 16.1 Å². The van der Waals surface area contributed by atoms with E-state index in [-0.39, 0.29) is 12.5 Å². The van der Waals surface area contributed by atoms with E-state index >= 15 is 0 Å². The average molecular weight is 327 g/mol. The lowest BCUT2D eigenvalue weighted by Gasteiger charge is -2.15. The van der Waals surface area contributed by atoms with Gasteiger partial charge in [-0.2, -0.15) is 0 Å². The highest BCUT2D eigenvalue weighted by Crippen LogP contribution is 2.29. The molecule has 6 heteroatoms. The first-order chi connectivity index (χ1) is 8.61. The summed E-state index contributed by atoms with van der Waals surface area (Å²) in [4.78, 5) is 17.8. The molecule has 0 saturated carbocycles. The van der Waals surface area contributed by atoms with Crippen LogP contribution in [0, 0.1) is 0 Å². The van der Waals surface area contributed by atoms with E-state index in [0.717, 1.165) is 8.79 Å². The third-order valence-corrected chi connectivity index (χ3v) is 4.12. The van der Waals surface area contributed by atoms with E-state index in [9.17, 15) is 4.79 Å². The molecule has 0 fully saturated rings. The zero-order chi connectivity index (χ0) is 13.1. The number of hydrogen-bond donors (Lipinski definition) is 1. The summed E-state index contributed by atoms with van der Waals surface area (Å²) >= 11 is 4.85. The summed E-state index contributed by atoms with van der Waals surface area (Å²) in [5.41, 5.74) is 1.00. The van der Waals surface area contributed by atoms with Crippen molar-refractivity contribution in [1.82, 2.24) is 4.98 Å². The number of anilines is 1. The van der Waals surface area contributed by atoms with Gasteiger partial charge in [0, 0.05) is 18.8 Å². The number of halogens is 1. The van der Waals surface area contributed by atoms with E-state index in [1.165, 1.54) is 17.5 Å². The number of nitrogens with zero attached hydrogens (tertiary/aromatic N) is 2. The van der Waals surface area contributed by atoms with Gasteiger partial charge in [0.05, 0.1) is 21.1 Å². The fourth-order valence-corrected chi connectivity index (χ4v) is 2.80. The molecule has 0 bridgehead atoms. The van der Waals surface area contributed by atoms with E-state index in [4.69, 9.17) is 5.11 Å². The van der Waals surface area contributed by atoms with Crippen molar-refractivity contribution in [2.45, 2.75) is 6.61 Å². The lowest BCUT2D eigenvalue weighted by atomic mass is 10.2. The molecule has 0 radical (unpaired) electrons. The highest BCUT2D eigenvalue weighted by atomic mass is 79.9. The Hall–Kier alpha value is -1.24. The molecule has 0 spiro atoms. The third-order valence-electron chi connectivity index (χ3n) is 2.42. The molecular formula is C12H11BrN2O2S. The summed E-state index contributed by atoms with van der Waals surface area (Å²) in [6, 6.07) is 7.01. The molecule has 2 rings (SSSR count). The Bertz CT molecular complexity index is 571. The molecule has 2 aromatic rings. The number of amides is 1. The molecule has 2 heterocycles. The van der Waals surface area contributed by atoms with Gasteiger partial charge in [-0.15, -0.1) is 11.3 Å². The Labute approximate surface area is 117 Å². The number of pyridine rings is 1. The van der Waals surface area contributed by atoms with Gasteiger partial charge in [0.2, 0.25) is 0 Å². The van der Waals surface area contributed by atoms with Crippen LogP contribution in [0.5, 0.6) is 0 Å². The molecule has 94 valence electrons. The van der Waals surface area contributed by atoms with Crippen molar-refractivity contribution < 1.29 is 9.90 Å². The van der Waals surface area contributed by atoms with E-state index in [2.05, 4.69) is 20.9 Å². The smallest absolute Gasteiger partial charge is 0.258 e. The highest BCUT2D eigenvalue weighted by Gasteiger charge is 2.15. The molecule has 0 unspecified atom stereocenters. The first-order valence-corrected chi connectivity index (χ1v) is 6.82. The van der Waals surface area contributed by atoms with Crippen LogP contribution in [0.2, 0.25) is 0 Å². The fraction of sp³-hybridized carbons (Fsp3) is 0.167. The van der Waals surface area contributed by atoms with Gasteiger partial charge >= 0.3 is 0 Å². The second kappa shape index (κ2) is 5.60. The summed E-state index contributed by atoms with van der Waals surface area (Å²) in [5, 5.41) is 9.87. The van der Waals surface area contributed by atoms with Crippen molar-refractivity contribution >= 4 is 38.2 Å². The molecule has 4 nitrogen and oxygen atoms in total. The number of hydrogen-bond acceptors (Lipinski definition) is 4. The lowest BCUT2D eigenvalue weighted by Crippen LogP contribution is -2.25. The maximum absolute atomic E-state index is 12.2. The van der Waals surface area contributed by atoms with Crippen LogP contribution in [-0.2, 0) is 6.61 Å². The van der Waals surface area contributed by atoms with Gasteiger partial charge in [0.1, 0.15) is 0 Å². The summed E-state index contributed by atoms with van der Waals surface area (Å²) in [6.45, 7) is -0.171. The second-order valence-corrected chi connectivity index (χ2v) is 6.08.